The maximum Gasteiger partial charge on any atom is 0.391 e. The van der Waals surface area contributed by atoms with Crippen LogP contribution in [0.5, 0.6) is 5.75 Å². The van der Waals surface area contributed by atoms with Crippen LogP contribution in [0.4, 0.5) is 18.3 Å². The average Bonchev–Trinajstić information content (AvgIpc) is 2.90. The Morgan fingerprint density at radius 3 is 2.62 bits per heavy atom. The number of hydrogen-bond acceptors (Lipinski definition) is 4. The molecule has 1 aromatic carbocycles. The Kier molecular flexibility index (Phi) is 3.69. The van der Waals surface area contributed by atoms with Crippen LogP contribution in [-0.2, 0) is 0 Å². The van der Waals surface area contributed by atoms with E-state index < -0.39 is 12.1 Å². The smallest absolute Gasteiger partial charge is 0.391 e. The first-order valence-electron chi connectivity index (χ1n) is 6.74. The van der Waals surface area contributed by atoms with Gasteiger partial charge in [0.25, 0.3) is 0 Å². The molecule has 3 nitrogen and oxygen atoms in total. The number of thiazole rings is 1. The van der Waals surface area contributed by atoms with Crippen molar-refractivity contribution in [3.8, 4) is 5.75 Å². The van der Waals surface area contributed by atoms with Crippen molar-refractivity contribution in [1.29, 1.82) is 0 Å². The van der Waals surface area contributed by atoms with Gasteiger partial charge in [0.05, 0.1) is 17.7 Å². The van der Waals surface area contributed by atoms with Crippen molar-refractivity contribution >= 4 is 26.7 Å². The van der Waals surface area contributed by atoms with Gasteiger partial charge in [0.2, 0.25) is 0 Å². The first-order chi connectivity index (χ1) is 9.99. The molecule has 1 saturated heterocycles. The molecule has 0 N–H and O–H groups in total. The minimum atomic E-state index is -4.08. The summed E-state index contributed by atoms with van der Waals surface area (Å²) in [5.41, 5.74) is 0.776. The molecule has 21 heavy (non-hydrogen) atoms. The number of anilines is 1. The van der Waals surface area contributed by atoms with Gasteiger partial charge in [0.1, 0.15) is 11.3 Å². The summed E-state index contributed by atoms with van der Waals surface area (Å²) in [6.07, 6.45) is -3.81. The monoisotopic (exact) mass is 316 g/mol. The van der Waals surface area contributed by atoms with Crippen LogP contribution in [0, 0.1) is 5.92 Å². The number of hydrogen-bond donors (Lipinski definition) is 0. The summed E-state index contributed by atoms with van der Waals surface area (Å²) in [5.74, 6) is -0.488. The number of para-hydroxylation sites is 1. The molecule has 2 aromatic rings. The molecule has 0 aliphatic carbocycles. The van der Waals surface area contributed by atoms with E-state index in [1.54, 1.807) is 7.11 Å². The zero-order valence-electron chi connectivity index (χ0n) is 11.5. The van der Waals surface area contributed by atoms with Gasteiger partial charge in [-0.05, 0) is 25.0 Å². The third-order valence-electron chi connectivity index (χ3n) is 3.82. The van der Waals surface area contributed by atoms with E-state index in [9.17, 15) is 13.2 Å². The molecule has 0 amide bonds. The fourth-order valence-corrected chi connectivity index (χ4v) is 3.64. The quantitative estimate of drug-likeness (QED) is 0.834. The van der Waals surface area contributed by atoms with E-state index in [1.807, 2.05) is 23.1 Å². The molecule has 1 aliphatic rings. The lowest BCUT2D eigenvalue weighted by Gasteiger charge is -2.32. The molecular formula is C14H15F3N2OS. The second-order valence-electron chi connectivity index (χ2n) is 5.11. The lowest BCUT2D eigenvalue weighted by atomic mass is 9.97. The molecule has 0 saturated carbocycles. The second-order valence-corrected chi connectivity index (χ2v) is 6.12. The van der Waals surface area contributed by atoms with Crippen molar-refractivity contribution in [3.63, 3.8) is 0 Å². The van der Waals surface area contributed by atoms with Crippen LogP contribution in [0.25, 0.3) is 10.2 Å². The Balaban J connectivity index is 1.80. The third kappa shape index (κ3) is 2.79. The summed E-state index contributed by atoms with van der Waals surface area (Å²) in [7, 11) is 1.59. The molecule has 0 bridgehead atoms. The summed E-state index contributed by atoms with van der Waals surface area (Å²) in [6.45, 7) is 0.790. The molecule has 1 fully saturated rings. The Morgan fingerprint density at radius 2 is 2.00 bits per heavy atom. The number of rotatable bonds is 2. The molecule has 1 aliphatic heterocycles. The Labute approximate surface area is 124 Å². The van der Waals surface area contributed by atoms with Crippen LogP contribution in [0.15, 0.2) is 18.2 Å². The van der Waals surface area contributed by atoms with E-state index >= 15 is 0 Å². The number of piperidine rings is 1. The number of benzene rings is 1. The van der Waals surface area contributed by atoms with Crippen molar-refractivity contribution < 1.29 is 17.9 Å². The number of halogens is 3. The van der Waals surface area contributed by atoms with Crippen LogP contribution < -0.4 is 9.64 Å². The normalized spacial score (nSPS) is 17.4. The molecule has 1 aromatic heterocycles. The summed E-state index contributed by atoms with van der Waals surface area (Å²) >= 11 is 1.50. The molecule has 2 heterocycles. The van der Waals surface area contributed by atoms with Gasteiger partial charge in [-0.25, -0.2) is 4.98 Å². The van der Waals surface area contributed by atoms with E-state index in [0.29, 0.717) is 18.8 Å². The summed E-state index contributed by atoms with van der Waals surface area (Å²) in [6, 6.07) is 5.67. The number of ether oxygens (including phenoxy) is 1. The van der Waals surface area contributed by atoms with Gasteiger partial charge in [0, 0.05) is 13.1 Å². The highest BCUT2D eigenvalue weighted by molar-refractivity contribution is 7.22. The van der Waals surface area contributed by atoms with Crippen LogP contribution in [0.1, 0.15) is 12.8 Å². The Morgan fingerprint density at radius 1 is 1.29 bits per heavy atom. The highest BCUT2D eigenvalue weighted by Gasteiger charge is 2.41. The lowest BCUT2D eigenvalue weighted by molar-refractivity contribution is -0.179. The lowest BCUT2D eigenvalue weighted by Crippen LogP contribution is -2.38. The Bertz CT molecular complexity index is 633. The molecule has 7 heteroatoms. The largest absolute Gasteiger partial charge is 0.494 e. The fourth-order valence-electron chi connectivity index (χ4n) is 2.61. The van der Waals surface area contributed by atoms with Gasteiger partial charge in [-0.2, -0.15) is 13.2 Å². The standard InChI is InChI=1S/C14H15F3N2OS/c1-20-10-3-2-4-11-12(10)18-13(21-11)19-7-5-9(6-8-19)14(15,16)17/h2-4,9H,5-8H2,1H3. The number of fused-ring (bicyclic) bond motifs is 1. The minimum Gasteiger partial charge on any atom is -0.494 e. The predicted molar refractivity (Wildman–Crippen MR) is 77.2 cm³/mol. The molecule has 3 rings (SSSR count). The van der Waals surface area contributed by atoms with Gasteiger partial charge in [-0.15, -0.1) is 0 Å². The fraction of sp³-hybridized carbons (Fsp3) is 0.500. The Hall–Kier alpha value is -1.50. The van der Waals surface area contributed by atoms with Gasteiger partial charge in [-0.3, -0.25) is 0 Å². The first kappa shape index (κ1) is 14.4. The van der Waals surface area contributed by atoms with E-state index in [2.05, 4.69) is 4.98 Å². The van der Waals surface area contributed by atoms with E-state index in [4.69, 9.17) is 4.74 Å². The highest BCUT2D eigenvalue weighted by Crippen LogP contribution is 2.38. The summed E-state index contributed by atoms with van der Waals surface area (Å²) in [4.78, 5) is 6.47. The van der Waals surface area contributed by atoms with Crippen molar-refractivity contribution in [2.45, 2.75) is 19.0 Å². The van der Waals surface area contributed by atoms with Crippen LogP contribution in [0.2, 0.25) is 0 Å². The van der Waals surface area contributed by atoms with Gasteiger partial charge in [-0.1, -0.05) is 17.4 Å². The molecule has 0 unspecified atom stereocenters. The number of aromatic nitrogens is 1. The van der Waals surface area contributed by atoms with Crippen LogP contribution in [0.3, 0.4) is 0 Å². The minimum absolute atomic E-state index is 0.135. The van der Waals surface area contributed by atoms with Gasteiger partial charge in [0.15, 0.2) is 5.13 Å². The molecule has 0 atom stereocenters. The zero-order valence-corrected chi connectivity index (χ0v) is 12.3. The third-order valence-corrected chi connectivity index (χ3v) is 4.90. The molecule has 114 valence electrons. The maximum absolute atomic E-state index is 12.7. The average molecular weight is 316 g/mol. The van der Waals surface area contributed by atoms with Gasteiger partial charge >= 0.3 is 6.18 Å². The summed E-state index contributed by atoms with van der Waals surface area (Å²) < 4.78 is 44.3. The second kappa shape index (κ2) is 5.36. The van der Waals surface area contributed by atoms with E-state index in [0.717, 1.165) is 15.3 Å². The van der Waals surface area contributed by atoms with Crippen molar-refractivity contribution in [1.82, 2.24) is 4.98 Å². The van der Waals surface area contributed by atoms with Crippen LogP contribution >= 0.6 is 11.3 Å². The highest BCUT2D eigenvalue weighted by atomic mass is 32.1. The maximum atomic E-state index is 12.7. The van der Waals surface area contributed by atoms with Crippen molar-refractivity contribution in [2.24, 2.45) is 5.92 Å². The van der Waals surface area contributed by atoms with E-state index in [-0.39, 0.29) is 12.8 Å². The number of alkyl halides is 3. The van der Waals surface area contributed by atoms with Crippen molar-refractivity contribution in [3.05, 3.63) is 18.2 Å². The molecular weight excluding hydrogens is 301 g/mol. The number of methoxy groups -OCH3 is 1. The van der Waals surface area contributed by atoms with Crippen LogP contribution in [-0.4, -0.2) is 31.4 Å². The van der Waals surface area contributed by atoms with E-state index in [1.165, 1.54) is 11.3 Å². The number of nitrogens with zero attached hydrogens (tertiary/aromatic N) is 2. The zero-order chi connectivity index (χ0) is 15.0. The van der Waals surface area contributed by atoms with Crippen molar-refractivity contribution in [2.75, 3.05) is 25.1 Å². The first-order valence-corrected chi connectivity index (χ1v) is 7.56. The topological polar surface area (TPSA) is 25.4 Å². The predicted octanol–water partition coefficient (Wildman–Crippen LogP) is 4.08. The SMILES string of the molecule is COc1cccc2sc(N3CCC(C(F)(F)F)CC3)nc12. The molecule has 0 spiro atoms. The van der Waals surface area contributed by atoms with Gasteiger partial charge < -0.3 is 9.64 Å². The molecule has 0 radical (unpaired) electrons. The summed E-state index contributed by atoms with van der Waals surface area (Å²) in [5, 5.41) is 0.773.